The average Bonchev–Trinajstić information content (AvgIpc) is 3.03. The first-order valence-corrected chi connectivity index (χ1v) is 11.2. The number of hydrogen-bond acceptors (Lipinski definition) is 3. The molecule has 0 aliphatic carbocycles. The van der Waals surface area contributed by atoms with Crippen LogP contribution in [0.25, 0.3) is 0 Å². The molecule has 31 heavy (non-hydrogen) atoms. The van der Waals surface area contributed by atoms with Crippen LogP contribution in [-0.2, 0) is 29.0 Å². The number of halogens is 1. The zero-order chi connectivity index (χ0) is 21.6. The second kappa shape index (κ2) is 10.1. The van der Waals surface area contributed by atoms with Gasteiger partial charge in [0.25, 0.3) is 0 Å². The van der Waals surface area contributed by atoms with Crippen molar-refractivity contribution < 1.29 is 14.0 Å². The van der Waals surface area contributed by atoms with Crippen LogP contribution >= 0.6 is 0 Å². The summed E-state index contributed by atoms with van der Waals surface area (Å²) in [5.41, 5.74) is 3.34. The second-order valence-electron chi connectivity index (χ2n) is 8.56. The van der Waals surface area contributed by atoms with Crippen LogP contribution in [-0.4, -0.2) is 47.8 Å². The molecule has 2 aliphatic heterocycles. The summed E-state index contributed by atoms with van der Waals surface area (Å²) in [7, 11) is 0. The third-order valence-corrected chi connectivity index (χ3v) is 6.22. The van der Waals surface area contributed by atoms with Crippen LogP contribution in [0.1, 0.15) is 42.4 Å². The monoisotopic (exact) mass is 423 g/mol. The molecular weight excluding hydrogens is 393 g/mol. The smallest absolute Gasteiger partial charge is 0.237 e. The maximum absolute atomic E-state index is 13.8. The molecule has 0 spiro atoms. The van der Waals surface area contributed by atoms with Crippen molar-refractivity contribution in [3.05, 3.63) is 65.0 Å². The number of carbonyl (C=O) groups excluding carboxylic acids is 2. The van der Waals surface area contributed by atoms with Crippen molar-refractivity contribution in [3.63, 3.8) is 0 Å². The standard InChI is InChI=1S/C25H30FN3O2/c26-23-8-4-3-7-20(23)16-24(30)27-22-10-9-19-11-14-29(17-21(19)15-22)25(31)18-28-12-5-1-2-6-13-28/h3-4,7-10,15H,1-2,5-6,11-14,16-18H2,(H,27,30). The molecule has 0 atom stereocenters. The van der Waals surface area contributed by atoms with E-state index in [0.29, 0.717) is 24.3 Å². The van der Waals surface area contributed by atoms with Crippen LogP contribution in [0.5, 0.6) is 0 Å². The number of fused-ring (bicyclic) bond motifs is 1. The summed E-state index contributed by atoms with van der Waals surface area (Å²) >= 11 is 0. The predicted molar refractivity (Wildman–Crippen MR) is 119 cm³/mol. The molecule has 2 amide bonds. The van der Waals surface area contributed by atoms with Gasteiger partial charge in [0.2, 0.25) is 11.8 Å². The molecule has 5 nitrogen and oxygen atoms in total. The number of likely N-dealkylation sites (tertiary alicyclic amines) is 1. The molecule has 2 aromatic carbocycles. The number of amides is 2. The average molecular weight is 424 g/mol. The van der Waals surface area contributed by atoms with E-state index in [1.165, 1.54) is 37.3 Å². The minimum absolute atomic E-state index is 0.00972. The number of rotatable bonds is 5. The Morgan fingerprint density at radius 2 is 1.71 bits per heavy atom. The lowest BCUT2D eigenvalue weighted by Crippen LogP contribution is -2.43. The van der Waals surface area contributed by atoms with E-state index in [1.807, 2.05) is 23.1 Å². The third kappa shape index (κ3) is 5.70. The highest BCUT2D eigenvalue weighted by atomic mass is 19.1. The SMILES string of the molecule is O=C(Cc1ccccc1F)Nc1ccc2c(c1)CN(C(=O)CN1CCCCCC1)CC2. The Bertz CT molecular complexity index is 938. The highest BCUT2D eigenvalue weighted by molar-refractivity contribution is 5.92. The molecule has 4 rings (SSSR count). The molecule has 1 fully saturated rings. The molecular formula is C25H30FN3O2. The number of hydrogen-bond donors (Lipinski definition) is 1. The largest absolute Gasteiger partial charge is 0.337 e. The second-order valence-corrected chi connectivity index (χ2v) is 8.56. The Balaban J connectivity index is 1.36. The third-order valence-electron chi connectivity index (χ3n) is 6.22. The molecule has 164 valence electrons. The van der Waals surface area contributed by atoms with E-state index in [4.69, 9.17) is 0 Å². The molecule has 0 radical (unpaired) electrons. The van der Waals surface area contributed by atoms with Gasteiger partial charge in [0.1, 0.15) is 5.82 Å². The Labute approximate surface area is 183 Å². The van der Waals surface area contributed by atoms with Crippen molar-refractivity contribution >= 4 is 17.5 Å². The van der Waals surface area contributed by atoms with Gasteiger partial charge in [-0.15, -0.1) is 0 Å². The lowest BCUT2D eigenvalue weighted by atomic mass is 9.99. The van der Waals surface area contributed by atoms with E-state index in [1.54, 1.807) is 18.2 Å². The first kappa shape index (κ1) is 21.5. The van der Waals surface area contributed by atoms with Crippen molar-refractivity contribution in [2.24, 2.45) is 0 Å². The van der Waals surface area contributed by atoms with Gasteiger partial charge in [-0.2, -0.15) is 0 Å². The van der Waals surface area contributed by atoms with Gasteiger partial charge in [0.05, 0.1) is 13.0 Å². The molecule has 0 saturated carbocycles. The summed E-state index contributed by atoms with van der Waals surface area (Å²) < 4.78 is 13.8. The molecule has 2 aliphatic rings. The van der Waals surface area contributed by atoms with Crippen LogP contribution in [0.15, 0.2) is 42.5 Å². The highest BCUT2D eigenvalue weighted by Crippen LogP contribution is 2.23. The highest BCUT2D eigenvalue weighted by Gasteiger charge is 2.23. The van der Waals surface area contributed by atoms with E-state index in [0.717, 1.165) is 31.6 Å². The summed E-state index contributed by atoms with van der Waals surface area (Å²) in [5, 5.41) is 2.87. The Kier molecular flexibility index (Phi) is 6.97. The van der Waals surface area contributed by atoms with Crippen molar-refractivity contribution in [2.45, 2.75) is 45.1 Å². The maximum Gasteiger partial charge on any atom is 0.237 e. The van der Waals surface area contributed by atoms with Gasteiger partial charge in [-0.25, -0.2) is 4.39 Å². The van der Waals surface area contributed by atoms with Crippen LogP contribution in [0.3, 0.4) is 0 Å². The van der Waals surface area contributed by atoms with Crippen LogP contribution < -0.4 is 5.32 Å². The first-order valence-electron chi connectivity index (χ1n) is 11.2. The van der Waals surface area contributed by atoms with Crippen molar-refractivity contribution in [1.82, 2.24) is 9.80 Å². The van der Waals surface area contributed by atoms with Crippen LogP contribution in [0.4, 0.5) is 10.1 Å². The maximum atomic E-state index is 13.8. The van der Waals surface area contributed by atoms with E-state index < -0.39 is 0 Å². The van der Waals surface area contributed by atoms with E-state index in [2.05, 4.69) is 10.2 Å². The lowest BCUT2D eigenvalue weighted by molar-refractivity contribution is -0.133. The minimum Gasteiger partial charge on any atom is -0.337 e. The zero-order valence-corrected chi connectivity index (χ0v) is 17.9. The van der Waals surface area contributed by atoms with Crippen LogP contribution in [0, 0.1) is 5.82 Å². The zero-order valence-electron chi connectivity index (χ0n) is 17.9. The number of benzene rings is 2. The fourth-order valence-electron chi connectivity index (χ4n) is 4.45. The topological polar surface area (TPSA) is 52.7 Å². The molecule has 0 aromatic heterocycles. The van der Waals surface area contributed by atoms with Crippen molar-refractivity contribution in [3.8, 4) is 0 Å². The summed E-state index contributed by atoms with van der Waals surface area (Å²) in [4.78, 5) is 29.5. The number of anilines is 1. The summed E-state index contributed by atoms with van der Waals surface area (Å²) in [6, 6.07) is 12.2. The number of nitrogens with one attached hydrogen (secondary N) is 1. The van der Waals surface area contributed by atoms with Crippen LogP contribution in [0.2, 0.25) is 0 Å². The summed E-state index contributed by atoms with van der Waals surface area (Å²) in [5.74, 6) is -0.446. The van der Waals surface area contributed by atoms with E-state index in [-0.39, 0.29) is 24.1 Å². The Morgan fingerprint density at radius 3 is 2.48 bits per heavy atom. The molecule has 1 N–H and O–H groups in total. The fraction of sp³-hybridized carbons (Fsp3) is 0.440. The van der Waals surface area contributed by atoms with Gasteiger partial charge in [0.15, 0.2) is 0 Å². The van der Waals surface area contributed by atoms with Gasteiger partial charge in [-0.05, 0) is 67.2 Å². The molecule has 2 aromatic rings. The fourth-order valence-corrected chi connectivity index (χ4v) is 4.45. The van der Waals surface area contributed by atoms with E-state index in [9.17, 15) is 14.0 Å². The van der Waals surface area contributed by atoms with Gasteiger partial charge in [0, 0.05) is 18.8 Å². The normalized spacial score (nSPS) is 17.0. The quantitative estimate of drug-likeness (QED) is 0.797. The van der Waals surface area contributed by atoms with Gasteiger partial charge in [-0.1, -0.05) is 37.1 Å². The minimum atomic E-state index is -0.373. The van der Waals surface area contributed by atoms with Gasteiger partial charge in [-0.3, -0.25) is 14.5 Å². The van der Waals surface area contributed by atoms with Gasteiger partial charge < -0.3 is 10.2 Å². The molecule has 0 unspecified atom stereocenters. The molecule has 6 heteroatoms. The molecule has 1 saturated heterocycles. The summed E-state index contributed by atoms with van der Waals surface area (Å²) in [6.45, 7) is 3.81. The Morgan fingerprint density at radius 1 is 0.935 bits per heavy atom. The van der Waals surface area contributed by atoms with Crippen molar-refractivity contribution in [1.29, 1.82) is 0 Å². The molecule has 0 bridgehead atoms. The Hall–Kier alpha value is -2.73. The number of carbonyl (C=O) groups is 2. The lowest BCUT2D eigenvalue weighted by Gasteiger charge is -2.31. The van der Waals surface area contributed by atoms with Crippen molar-refractivity contribution in [2.75, 3.05) is 31.5 Å². The number of nitrogens with zero attached hydrogens (tertiary/aromatic N) is 2. The van der Waals surface area contributed by atoms with Gasteiger partial charge >= 0.3 is 0 Å². The predicted octanol–water partition coefficient (Wildman–Crippen LogP) is 3.77. The first-order chi connectivity index (χ1) is 15.1. The molecule has 2 heterocycles. The summed E-state index contributed by atoms with van der Waals surface area (Å²) in [6.07, 6.45) is 5.67. The van der Waals surface area contributed by atoms with E-state index >= 15 is 0 Å².